The van der Waals surface area contributed by atoms with Crippen molar-refractivity contribution in [1.82, 2.24) is 4.90 Å². The van der Waals surface area contributed by atoms with E-state index in [9.17, 15) is 5.11 Å². The molecule has 3 nitrogen and oxygen atoms in total. The van der Waals surface area contributed by atoms with Crippen molar-refractivity contribution >= 4 is 11.8 Å². The Balaban J connectivity index is 2.13. The predicted molar refractivity (Wildman–Crippen MR) is 48.8 cm³/mol. The molecular formula is C7H16N2OS. The summed E-state index contributed by atoms with van der Waals surface area (Å²) in [7, 11) is 0. The largest absolute Gasteiger partial charge is 0.390 e. The van der Waals surface area contributed by atoms with E-state index in [0.29, 0.717) is 6.54 Å². The molecule has 11 heavy (non-hydrogen) atoms. The van der Waals surface area contributed by atoms with Crippen molar-refractivity contribution in [3.63, 3.8) is 0 Å². The molecule has 0 saturated carbocycles. The highest BCUT2D eigenvalue weighted by atomic mass is 32.2. The number of hydrogen-bond acceptors (Lipinski definition) is 4. The first kappa shape index (κ1) is 9.32. The van der Waals surface area contributed by atoms with Gasteiger partial charge in [0.05, 0.1) is 6.10 Å². The van der Waals surface area contributed by atoms with Crippen LogP contribution in [0.3, 0.4) is 0 Å². The number of rotatable bonds is 3. The lowest BCUT2D eigenvalue weighted by Crippen LogP contribution is -2.40. The monoisotopic (exact) mass is 176 g/mol. The third-order valence-electron chi connectivity index (χ3n) is 1.84. The molecule has 0 aromatic carbocycles. The van der Waals surface area contributed by atoms with E-state index in [1.165, 1.54) is 11.5 Å². The predicted octanol–water partition coefficient (Wildman–Crippen LogP) is -0.645. The molecule has 1 rings (SSSR count). The summed E-state index contributed by atoms with van der Waals surface area (Å²) in [6, 6.07) is 0. The number of aliphatic hydroxyl groups excluding tert-OH is 1. The molecule has 1 fully saturated rings. The maximum absolute atomic E-state index is 9.24. The second-order valence-electron chi connectivity index (χ2n) is 2.80. The number of hydrogen-bond donors (Lipinski definition) is 2. The van der Waals surface area contributed by atoms with Gasteiger partial charge < -0.3 is 10.8 Å². The van der Waals surface area contributed by atoms with Gasteiger partial charge in [0.15, 0.2) is 0 Å². The molecule has 1 aliphatic rings. The van der Waals surface area contributed by atoms with Crippen LogP contribution in [0.2, 0.25) is 0 Å². The van der Waals surface area contributed by atoms with Crippen LogP contribution in [-0.2, 0) is 0 Å². The van der Waals surface area contributed by atoms with Crippen LogP contribution in [0, 0.1) is 0 Å². The zero-order valence-corrected chi connectivity index (χ0v) is 7.52. The third kappa shape index (κ3) is 3.42. The second-order valence-corrected chi connectivity index (χ2v) is 4.03. The highest BCUT2D eigenvalue weighted by molar-refractivity contribution is 7.99. The summed E-state index contributed by atoms with van der Waals surface area (Å²) < 4.78 is 0. The Morgan fingerprint density at radius 1 is 1.45 bits per heavy atom. The van der Waals surface area contributed by atoms with Crippen LogP contribution in [-0.4, -0.2) is 53.8 Å². The normalized spacial score (nSPS) is 23.5. The molecule has 0 unspecified atom stereocenters. The summed E-state index contributed by atoms with van der Waals surface area (Å²) in [6.45, 7) is 3.32. The van der Waals surface area contributed by atoms with Gasteiger partial charge in [-0.2, -0.15) is 11.8 Å². The Morgan fingerprint density at radius 2 is 2.09 bits per heavy atom. The first-order chi connectivity index (χ1) is 5.33. The lowest BCUT2D eigenvalue weighted by molar-refractivity contribution is 0.124. The van der Waals surface area contributed by atoms with Gasteiger partial charge in [0.2, 0.25) is 0 Å². The topological polar surface area (TPSA) is 49.5 Å². The van der Waals surface area contributed by atoms with Crippen LogP contribution in [0.25, 0.3) is 0 Å². The average Bonchev–Trinajstić information content (AvgIpc) is 2.06. The number of β-amino-alcohol motifs (C(OH)–C–C–N with tert-alkyl or cyclic N) is 1. The number of nitrogens with two attached hydrogens (primary N) is 1. The van der Waals surface area contributed by atoms with Crippen molar-refractivity contribution < 1.29 is 5.11 Å². The van der Waals surface area contributed by atoms with Gasteiger partial charge in [-0.3, -0.25) is 4.90 Å². The number of nitrogens with zero attached hydrogens (tertiary/aromatic N) is 1. The molecule has 4 heteroatoms. The van der Waals surface area contributed by atoms with Gasteiger partial charge in [0.1, 0.15) is 0 Å². The van der Waals surface area contributed by atoms with Crippen molar-refractivity contribution in [1.29, 1.82) is 0 Å². The van der Waals surface area contributed by atoms with Gasteiger partial charge in [0, 0.05) is 37.7 Å². The van der Waals surface area contributed by atoms with Gasteiger partial charge in [-0.15, -0.1) is 0 Å². The fraction of sp³-hybridized carbons (Fsp3) is 1.00. The van der Waals surface area contributed by atoms with Crippen molar-refractivity contribution in [2.45, 2.75) is 6.10 Å². The van der Waals surface area contributed by atoms with Crippen LogP contribution < -0.4 is 5.73 Å². The van der Waals surface area contributed by atoms with E-state index in [1.807, 2.05) is 11.8 Å². The highest BCUT2D eigenvalue weighted by Gasteiger charge is 2.12. The van der Waals surface area contributed by atoms with Crippen molar-refractivity contribution in [2.24, 2.45) is 5.73 Å². The van der Waals surface area contributed by atoms with E-state index in [4.69, 9.17) is 5.73 Å². The SMILES string of the molecule is NC[C@H](O)CN1CCSCC1. The van der Waals surface area contributed by atoms with Crippen molar-refractivity contribution in [3.05, 3.63) is 0 Å². The third-order valence-corrected chi connectivity index (χ3v) is 2.79. The van der Waals surface area contributed by atoms with Crippen LogP contribution in [0.1, 0.15) is 0 Å². The van der Waals surface area contributed by atoms with Gasteiger partial charge in [0.25, 0.3) is 0 Å². The highest BCUT2D eigenvalue weighted by Crippen LogP contribution is 2.08. The quantitative estimate of drug-likeness (QED) is 0.600. The van der Waals surface area contributed by atoms with Crippen LogP contribution in [0.15, 0.2) is 0 Å². The number of thioether (sulfide) groups is 1. The molecule has 3 N–H and O–H groups in total. The van der Waals surface area contributed by atoms with E-state index in [-0.39, 0.29) is 6.10 Å². The Labute approximate surface area is 71.9 Å². The molecule has 0 radical (unpaired) electrons. The van der Waals surface area contributed by atoms with E-state index < -0.39 is 0 Å². The Hall–Kier alpha value is 0.230. The smallest absolute Gasteiger partial charge is 0.0789 e. The molecule has 0 aromatic heterocycles. The minimum Gasteiger partial charge on any atom is -0.390 e. The van der Waals surface area contributed by atoms with E-state index >= 15 is 0 Å². The van der Waals surface area contributed by atoms with Gasteiger partial charge in [-0.05, 0) is 0 Å². The minimum absolute atomic E-state index is 0.335. The molecule has 1 atom stereocenters. The fourth-order valence-corrected chi connectivity index (χ4v) is 2.14. The van der Waals surface area contributed by atoms with E-state index in [0.717, 1.165) is 19.6 Å². The molecule has 0 bridgehead atoms. The van der Waals surface area contributed by atoms with Crippen LogP contribution in [0.5, 0.6) is 0 Å². The molecule has 0 aromatic rings. The number of aliphatic hydroxyl groups is 1. The molecular weight excluding hydrogens is 160 g/mol. The maximum Gasteiger partial charge on any atom is 0.0789 e. The molecule has 0 aliphatic carbocycles. The molecule has 0 amide bonds. The summed E-state index contributed by atoms with van der Waals surface area (Å²) in [5, 5.41) is 9.24. The lowest BCUT2D eigenvalue weighted by atomic mass is 10.3. The molecule has 1 heterocycles. The molecule has 0 spiro atoms. The summed E-state index contributed by atoms with van der Waals surface area (Å²) in [5.74, 6) is 2.38. The summed E-state index contributed by atoms with van der Waals surface area (Å²) in [4.78, 5) is 2.27. The maximum atomic E-state index is 9.24. The van der Waals surface area contributed by atoms with Gasteiger partial charge in [-0.1, -0.05) is 0 Å². The molecule has 66 valence electrons. The van der Waals surface area contributed by atoms with Crippen LogP contribution >= 0.6 is 11.8 Å². The molecule has 1 saturated heterocycles. The zero-order valence-electron chi connectivity index (χ0n) is 6.70. The summed E-state index contributed by atoms with van der Waals surface area (Å²) >= 11 is 1.98. The summed E-state index contributed by atoms with van der Waals surface area (Å²) in [6.07, 6.45) is -0.335. The van der Waals surface area contributed by atoms with E-state index in [1.54, 1.807) is 0 Å². The first-order valence-electron chi connectivity index (χ1n) is 4.01. The van der Waals surface area contributed by atoms with Crippen molar-refractivity contribution in [2.75, 3.05) is 37.7 Å². The first-order valence-corrected chi connectivity index (χ1v) is 5.16. The minimum atomic E-state index is -0.335. The van der Waals surface area contributed by atoms with Gasteiger partial charge in [-0.25, -0.2) is 0 Å². The Bertz CT molecular complexity index is 107. The fourth-order valence-electron chi connectivity index (χ4n) is 1.16. The van der Waals surface area contributed by atoms with Crippen LogP contribution in [0.4, 0.5) is 0 Å². The van der Waals surface area contributed by atoms with Gasteiger partial charge >= 0.3 is 0 Å². The zero-order chi connectivity index (χ0) is 8.10. The summed E-state index contributed by atoms with van der Waals surface area (Å²) in [5.41, 5.74) is 5.31. The Kier molecular flexibility index (Phi) is 4.22. The Morgan fingerprint density at radius 3 is 2.64 bits per heavy atom. The molecule has 1 aliphatic heterocycles. The lowest BCUT2D eigenvalue weighted by Gasteiger charge is -2.27. The van der Waals surface area contributed by atoms with E-state index in [2.05, 4.69) is 4.90 Å². The second kappa shape index (κ2) is 4.98. The van der Waals surface area contributed by atoms with Crippen molar-refractivity contribution in [3.8, 4) is 0 Å². The average molecular weight is 176 g/mol. The standard InChI is InChI=1S/C7H16N2OS/c8-5-7(10)6-9-1-3-11-4-2-9/h7,10H,1-6,8H2/t7-/m0/s1.